The zero-order chi connectivity index (χ0) is 15.8. The lowest BCUT2D eigenvalue weighted by molar-refractivity contribution is -0.150. The van der Waals surface area contributed by atoms with Crippen molar-refractivity contribution in [1.29, 1.82) is 0 Å². The van der Waals surface area contributed by atoms with E-state index < -0.39 is 0 Å². The molecule has 1 aromatic rings. The minimum atomic E-state index is -0.359. The lowest BCUT2D eigenvalue weighted by atomic mass is 9.79. The molecule has 116 valence electrons. The Morgan fingerprint density at radius 1 is 1.05 bits per heavy atom. The number of rotatable bonds is 8. The second kappa shape index (κ2) is 8.60. The summed E-state index contributed by atoms with van der Waals surface area (Å²) in [5.41, 5.74) is 0.669. The van der Waals surface area contributed by atoms with Crippen LogP contribution in [0.2, 0.25) is 0 Å². The van der Waals surface area contributed by atoms with E-state index in [0.29, 0.717) is 30.9 Å². The zero-order valence-electron chi connectivity index (χ0n) is 13.5. The van der Waals surface area contributed by atoms with Crippen molar-refractivity contribution in [2.24, 2.45) is 17.8 Å². The van der Waals surface area contributed by atoms with Crippen LogP contribution in [-0.4, -0.2) is 18.4 Å². The number of hydrogen-bond donors (Lipinski definition) is 0. The summed E-state index contributed by atoms with van der Waals surface area (Å²) in [5, 5.41) is 0. The van der Waals surface area contributed by atoms with Crippen molar-refractivity contribution < 1.29 is 14.3 Å². The smallest absolute Gasteiger partial charge is 0.309 e. The molecule has 2 atom stereocenters. The first-order valence-corrected chi connectivity index (χ1v) is 7.77. The molecule has 0 aliphatic heterocycles. The highest BCUT2D eigenvalue weighted by atomic mass is 16.5. The van der Waals surface area contributed by atoms with E-state index in [0.717, 1.165) is 0 Å². The number of ether oxygens (including phenoxy) is 1. The first kappa shape index (κ1) is 17.4. The number of carbonyl (C=O) groups is 2. The lowest BCUT2D eigenvalue weighted by Gasteiger charge is -2.25. The molecule has 1 aromatic carbocycles. The minimum absolute atomic E-state index is 0.0387. The molecular formula is C18H26O3. The minimum Gasteiger partial charge on any atom is -0.466 e. The van der Waals surface area contributed by atoms with Gasteiger partial charge in [-0.3, -0.25) is 9.59 Å². The Bertz CT molecular complexity index is 451. The molecule has 0 aliphatic carbocycles. The summed E-state index contributed by atoms with van der Waals surface area (Å²) in [6, 6.07) is 9.20. The van der Waals surface area contributed by atoms with Gasteiger partial charge in [0, 0.05) is 11.5 Å². The third-order valence-electron chi connectivity index (χ3n) is 3.64. The first-order valence-electron chi connectivity index (χ1n) is 7.77. The van der Waals surface area contributed by atoms with Crippen molar-refractivity contribution in [3.63, 3.8) is 0 Å². The van der Waals surface area contributed by atoms with Gasteiger partial charge in [0.05, 0.1) is 12.5 Å². The normalized spacial score (nSPS) is 13.8. The van der Waals surface area contributed by atoms with Gasteiger partial charge in [-0.25, -0.2) is 0 Å². The van der Waals surface area contributed by atoms with Gasteiger partial charge in [-0.05, 0) is 25.7 Å². The molecule has 0 fully saturated rings. The third kappa shape index (κ3) is 5.00. The Kier molecular flexibility index (Phi) is 7.13. The first-order chi connectivity index (χ1) is 10.0. The van der Waals surface area contributed by atoms with Crippen LogP contribution >= 0.6 is 0 Å². The molecule has 0 heterocycles. The average molecular weight is 290 g/mol. The van der Waals surface area contributed by atoms with E-state index in [9.17, 15) is 9.59 Å². The molecule has 0 spiro atoms. The van der Waals surface area contributed by atoms with E-state index in [1.807, 2.05) is 37.3 Å². The van der Waals surface area contributed by atoms with Crippen LogP contribution < -0.4 is 0 Å². The Balaban J connectivity index is 3.00. The van der Waals surface area contributed by atoms with Crippen LogP contribution in [-0.2, 0) is 9.53 Å². The molecule has 3 nitrogen and oxygen atoms in total. The monoisotopic (exact) mass is 290 g/mol. The van der Waals surface area contributed by atoms with Crippen LogP contribution in [0.25, 0.3) is 0 Å². The summed E-state index contributed by atoms with van der Waals surface area (Å²) < 4.78 is 5.18. The number of esters is 1. The van der Waals surface area contributed by atoms with Crippen LogP contribution in [0.5, 0.6) is 0 Å². The topological polar surface area (TPSA) is 43.4 Å². The fourth-order valence-corrected chi connectivity index (χ4v) is 2.65. The molecule has 0 radical (unpaired) electrons. The Hall–Kier alpha value is -1.64. The SMILES string of the molecule is CCOC(=O)C(CC(C)C)C(CC)C(=O)c1ccccc1. The summed E-state index contributed by atoms with van der Waals surface area (Å²) in [6.07, 6.45) is 1.32. The van der Waals surface area contributed by atoms with Crippen LogP contribution in [0, 0.1) is 17.8 Å². The number of carbonyl (C=O) groups excluding carboxylic acids is 2. The van der Waals surface area contributed by atoms with Gasteiger partial charge in [-0.2, -0.15) is 0 Å². The van der Waals surface area contributed by atoms with Crippen molar-refractivity contribution in [2.45, 2.75) is 40.5 Å². The molecular weight excluding hydrogens is 264 g/mol. The molecule has 0 saturated carbocycles. The van der Waals surface area contributed by atoms with Crippen molar-refractivity contribution in [1.82, 2.24) is 0 Å². The zero-order valence-corrected chi connectivity index (χ0v) is 13.5. The molecule has 0 aliphatic rings. The van der Waals surface area contributed by atoms with Crippen LogP contribution in [0.3, 0.4) is 0 Å². The van der Waals surface area contributed by atoms with E-state index in [-0.39, 0.29) is 23.6 Å². The summed E-state index contributed by atoms with van der Waals surface area (Å²) >= 11 is 0. The van der Waals surface area contributed by atoms with Crippen LogP contribution in [0.4, 0.5) is 0 Å². The predicted octanol–water partition coefficient (Wildman–Crippen LogP) is 4.12. The number of ketones is 1. The second-order valence-corrected chi connectivity index (χ2v) is 5.73. The highest BCUT2D eigenvalue weighted by Crippen LogP contribution is 2.28. The highest BCUT2D eigenvalue weighted by Gasteiger charge is 2.34. The lowest BCUT2D eigenvalue weighted by Crippen LogP contribution is -2.32. The third-order valence-corrected chi connectivity index (χ3v) is 3.64. The number of Topliss-reactive ketones (excluding diaryl/α,β-unsaturated/α-hetero) is 1. The van der Waals surface area contributed by atoms with Crippen molar-refractivity contribution in [2.75, 3.05) is 6.61 Å². The summed E-state index contributed by atoms with van der Waals surface area (Å²) in [5.74, 6) is -0.535. The second-order valence-electron chi connectivity index (χ2n) is 5.73. The molecule has 1 rings (SSSR count). The molecule has 0 saturated heterocycles. The van der Waals surface area contributed by atoms with Gasteiger partial charge < -0.3 is 4.74 Å². The fourth-order valence-electron chi connectivity index (χ4n) is 2.65. The summed E-state index contributed by atoms with van der Waals surface area (Å²) in [7, 11) is 0. The van der Waals surface area contributed by atoms with Gasteiger partial charge in [0.1, 0.15) is 0 Å². The standard InChI is InChI=1S/C18H26O3/c1-5-15(17(19)14-10-8-7-9-11-14)16(12-13(3)4)18(20)21-6-2/h7-11,13,15-16H,5-6,12H2,1-4H3. The van der Waals surface area contributed by atoms with E-state index in [4.69, 9.17) is 4.74 Å². The largest absolute Gasteiger partial charge is 0.466 e. The van der Waals surface area contributed by atoms with Crippen LogP contribution in [0.1, 0.15) is 50.9 Å². The predicted molar refractivity (Wildman–Crippen MR) is 84.1 cm³/mol. The maximum absolute atomic E-state index is 12.7. The van der Waals surface area contributed by atoms with Crippen molar-refractivity contribution >= 4 is 11.8 Å². The number of benzene rings is 1. The molecule has 0 amide bonds. The highest BCUT2D eigenvalue weighted by molar-refractivity contribution is 6.00. The molecule has 0 aromatic heterocycles. The maximum Gasteiger partial charge on any atom is 0.309 e. The van der Waals surface area contributed by atoms with E-state index >= 15 is 0 Å². The molecule has 0 bridgehead atoms. The molecule has 2 unspecified atom stereocenters. The number of hydrogen-bond acceptors (Lipinski definition) is 3. The molecule has 21 heavy (non-hydrogen) atoms. The van der Waals surface area contributed by atoms with Gasteiger partial charge in [-0.1, -0.05) is 51.1 Å². The fraction of sp³-hybridized carbons (Fsp3) is 0.556. The van der Waals surface area contributed by atoms with E-state index in [2.05, 4.69) is 13.8 Å². The Morgan fingerprint density at radius 2 is 1.67 bits per heavy atom. The maximum atomic E-state index is 12.7. The molecule has 3 heteroatoms. The Labute approximate surface area is 127 Å². The van der Waals surface area contributed by atoms with Gasteiger partial charge in [0.25, 0.3) is 0 Å². The van der Waals surface area contributed by atoms with Crippen molar-refractivity contribution in [3.05, 3.63) is 35.9 Å². The summed E-state index contributed by atoms with van der Waals surface area (Å²) in [6.45, 7) is 8.23. The summed E-state index contributed by atoms with van der Waals surface area (Å²) in [4.78, 5) is 24.9. The Morgan fingerprint density at radius 3 is 2.14 bits per heavy atom. The van der Waals surface area contributed by atoms with Crippen LogP contribution in [0.15, 0.2) is 30.3 Å². The van der Waals surface area contributed by atoms with Crippen molar-refractivity contribution in [3.8, 4) is 0 Å². The average Bonchev–Trinajstić information content (AvgIpc) is 2.47. The van der Waals surface area contributed by atoms with Gasteiger partial charge in [0.2, 0.25) is 0 Å². The quantitative estimate of drug-likeness (QED) is 0.534. The van der Waals surface area contributed by atoms with E-state index in [1.165, 1.54) is 0 Å². The van der Waals surface area contributed by atoms with Gasteiger partial charge in [0.15, 0.2) is 5.78 Å². The molecule has 0 N–H and O–H groups in total. The van der Waals surface area contributed by atoms with Gasteiger partial charge >= 0.3 is 5.97 Å². The van der Waals surface area contributed by atoms with E-state index in [1.54, 1.807) is 6.92 Å². The van der Waals surface area contributed by atoms with Gasteiger partial charge in [-0.15, -0.1) is 0 Å².